The van der Waals surface area contributed by atoms with Crippen LogP contribution in [0.5, 0.6) is 0 Å². The molecule has 27 heavy (non-hydrogen) atoms. The minimum atomic E-state index is -3.47. The van der Waals surface area contributed by atoms with Crippen LogP contribution in [-0.4, -0.2) is 56.8 Å². The molecule has 144 valence electrons. The van der Waals surface area contributed by atoms with Gasteiger partial charge in [-0.2, -0.15) is 4.31 Å². The Morgan fingerprint density at radius 2 is 1.85 bits per heavy atom. The van der Waals surface area contributed by atoms with Crippen molar-refractivity contribution in [1.29, 1.82) is 0 Å². The van der Waals surface area contributed by atoms with E-state index in [9.17, 15) is 13.2 Å². The minimum absolute atomic E-state index is 0.250. The Morgan fingerprint density at radius 1 is 1.15 bits per heavy atom. The summed E-state index contributed by atoms with van der Waals surface area (Å²) in [6.07, 6.45) is 4.52. The van der Waals surface area contributed by atoms with E-state index in [1.54, 1.807) is 42.5 Å². The van der Waals surface area contributed by atoms with Crippen molar-refractivity contribution in [3.05, 3.63) is 60.1 Å². The lowest BCUT2D eigenvalue weighted by molar-refractivity contribution is -0.116. The van der Waals surface area contributed by atoms with Gasteiger partial charge in [-0.1, -0.05) is 12.1 Å². The lowest BCUT2D eigenvalue weighted by Gasteiger charge is -2.31. The molecule has 0 unspecified atom stereocenters. The molecule has 0 radical (unpaired) electrons. The van der Waals surface area contributed by atoms with E-state index in [1.165, 1.54) is 16.6 Å². The van der Waals surface area contributed by atoms with E-state index in [0.29, 0.717) is 25.4 Å². The number of hydrogen-bond donors (Lipinski definition) is 1. The first-order chi connectivity index (χ1) is 12.9. The predicted octanol–water partition coefficient (Wildman–Crippen LogP) is 1.55. The van der Waals surface area contributed by atoms with Crippen molar-refractivity contribution in [3.63, 3.8) is 0 Å². The molecule has 8 heteroatoms. The second-order valence-corrected chi connectivity index (χ2v) is 8.36. The fraction of sp³-hybridized carbons (Fsp3) is 0.316. The summed E-state index contributed by atoms with van der Waals surface area (Å²) in [7, 11) is -1.49. The molecule has 2 heterocycles. The molecule has 0 bridgehead atoms. The van der Waals surface area contributed by atoms with Crippen molar-refractivity contribution in [1.82, 2.24) is 14.5 Å². The maximum atomic E-state index is 12.7. The molecule has 1 fully saturated rings. The highest BCUT2D eigenvalue weighted by molar-refractivity contribution is 7.89. The van der Waals surface area contributed by atoms with Gasteiger partial charge in [0, 0.05) is 38.8 Å². The number of sulfonamides is 1. The zero-order valence-corrected chi connectivity index (χ0v) is 16.0. The number of rotatable bonds is 6. The Labute approximate surface area is 159 Å². The van der Waals surface area contributed by atoms with E-state index >= 15 is 0 Å². The van der Waals surface area contributed by atoms with Gasteiger partial charge in [0.15, 0.2) is 0 Å². The van der Waals surface area contributed by atoms with Crippen LogP contribution in [0.25, 0.3) is 6.08 Å². The van der Waals surface area contributed by atoms with Crippen LogP contribution in [0.4, 0.5) is 0 Å². The van der Waals surface area contributed by atoms with E-state index in [1.807, 2.05) is 7.05 Å². The number of nitrogens with one attached hydrogen (secondary N) is 1. The van der Waals surface area contributed by atoms with Crippen molar-refractivity contribution in [3.8, 4) is 0 Å². The van der Waals surface area contributed by atoms with E-state index in [-0.39, 0.29) is 10.8 Å². The number of furan rings is 1. The highest BCUT2D eigenvalue weighted by atomic mass is 32.2. The maximum absolute atomic E-state index is 12.7. The van der Waals surface area contributed by atoms with Gasteiger partial charge in [0.05, 0.1) is 11.2 Å². The molecule has 1 saturated heterocycles. The quantitative estimate of drug-likeness (QED) is 0.758. The fourth-order valence-corrected chi connectivity index (χ4v) is 4.17. The standard InChI is InChI=1S/C19H23N3O4S/c1-21-10-12-22(13-11-21)27(24,25)18-7-4-16(5-8-18)15-20-19(23)9-6-17-3-2-14-26-17/h2-9,14H,10-13,15H2,1H3,(H,20,23)/b9-6+. The van der Waals surface area contributed by atoms with Crippen LogP contribution in [0, 0.1) is 0 Å². The van der Waals surface area contributed by atoms with E-state index in [4.69, 9.17) is 4.42 Å². The summed E-state index contributed by atoms with van der Waals surface area (Å²) in [4.78, 5) is 14.2. The number of likely N-dealkylation sites (N-methyl/N-ethyl adjacent to an activating group) is 1. The van der Waals surface area contributed by atoms with Crippen LogP contribution in [0.2, 0.25) is 0 Å². The number of piperazine rings is 1. The largest absolute Gasteiger partial charge is 0.465 e. The Morgan fingerprint density at radius 3 is 2.48 bits per heavy atom. The average Bonchev–Trinajstić information content (AvgIpc) is 3.19. The first kappa shape index (κ1) is 19.3. The zero-order valence-electron chi connectivity index (χ0n) is 15.2. The molecule has 7 nitrogen and oxygen atoms in total. The summed E-state index contributed by atoms with van der Waals surface area (Å²) in [5.41, 5.74) is 0.826. The Kier molecular flexibility index (Phi) is 6.10. The van der Waals surface area contributed by atoms with Gasteiger partial charge in [0.25, 0.3) is 0 Å². The van der Waals surface area contributed by atoms with Crippen LogP contribution >= 0.6 is 0 Å². The molecule has 0 saturated carbocycles. The second kappa shape index (κ2) is 8.51. The van der Waals surface area contributed by atoms with Gasteiger partial charge in [0.1, 0.15) is 5.76 Å². The first-order valence-corrected chi connectivity index (χ1v) is 10.2. The number of benzene rings is 1. The predicted molar refractivity (Wildman–Crippen MR) is 102 cm³/mol. The smallest absolute Gasteiger partial charge is 0.244 e. The summed E-state index contributed by atoms with van der Waals surface area (Å²) in [6.45, 7) is 2.77. The lowest BCUT2D eigenvalue weighted by Crippen LogP contribution is -2.46. The molecule has 1 N–H and O–H groups in total. The number of carbonyl (C=O) groups excluding carboxylic acids is 1. The Bertz CT molecular complexity index is 882. The number of amides is 1. The van der Waals surface area contributed by atoms with Crippen molar-refractivity contribution in [2.24, 2.45) is 0 Å². The van der Waals surface area contributed by atoms with Gasteiger partial charge >= 0.3 is 0 Å². The summed E-state index contributed by atoms with van der Waals surface area (Å²) < 4.78 is 32.0. The molecule has 1 aromatic heterocycles. The normalized spacial score (nSPS) is 16.6. The highest BCUT2D eigenvalue weighted by Crippen LogP contribution is 2.18. The van der Waals surface area contributed by atoms with Crippen LogP contribution in [0.1, 0.15) is 11.3 Å². The molecule has 1 amide bonds. The van der Waals surface area contributed by atoms with E-state index in [0.717, 1.165) is 18.7 Å². The zero-order chi connectivity index (χ0) is 19.3. The van der Waals surface area contributed by atoms with Gasteiger partial charge < -0.3 is 14.6 Å². The minimum Gasteiger partial charge on any atom is -0.465 e. The maximum Gasteiger partial charge on any atom is 0.244 e. The average molecular weight is 389 g/mol. The summed E-state index contributed by atoms with van der Waals surface area (Å²) in [5, 5.41) is 2.76. The molecule has 0 spiro atoms. The second-order valence-electron chi connectivity index (χ2n) is 6.42. The number of carbonyl (C=O) groups is 1. The molecule has 0 atom stereocenters. The molecule has 1 aromatic carbocycles. The van der Waals surface area contributed by atoms with Gasteiger partial charge in [0.2, 0.25) is 15.9 Å². The summed E-state index contributed by atoms with van der Waals surface area (Å²) >= 11 is 0. The summed E-state index contributed by atoms with van der Waals surface area (Å²) in [5.74, 6) is 0.351. The number of hydrogen-bond acceptors (Lipinski definition) is 5. The monoisotopic (exact) mass is 389 g/mol. The summed E-state index contributed by atoms with van der Waals surface area (Å²) in [6, 6.07) is 10.1. The van der Waals surface area contributed by atoms with Crippen molar-refractivity contribution >= 4 is 22.0 Å². The van der Waals surface area contributed by atoms with Crippen LogP contribution < -0.4 is 5.32 Å². The topological polar surface area (TPSA) is 82.9 Å². The number of nitrogens with zero attached hydrogens (tertiary/aromatic N) is 2. The third-order valence-electron chi connectivity index (χ3n) is 4.43. The molecule has 3 rings (SSSR count). The Balaban J connectivity index is 1.56. The molecule has 1 aliphatic rings. The Hall–Kier alpha value is -2.42. The van der Waals surface area contributed by atoms with Gasteiger partial charge in [-0.3, -0.25) is 4.79 Å². The highest BCUT2D eigenvalue weighted by Gasteiger charge is 2.27. The third kappa shape index (κ3) is 5.06. The SMILES string of the molecule is CN1CCN(S(=O)(=O)c2ccc(CNC(=O)/C=C/c3ccco3)cc2)CC1. The van der Waals surface area contributed by atoms with E-state index < -0.39 is 10.0 Å². The molecule has 0 aliphatic carbocycles. The van der Waals surface area contributed by atoms with Crippen molar-refractivity contribution in [2.75, 3.05) is 33.2 Å². The molecule has 2 aromatic rings. The van der Waals surface area contributed by atoms with Gasteiger partial charge in [-0.15, -0.1) is 0 Å². The first-order valence-electron chi connectivity index (χ1n) is 8.72. The van der Waals surface area contributed by atoms with E-state index in [2.05, 4.69) is 10.2 Å². The van der Waals surface area contributed by atoms with Crippen molar-refractivity contribution < 1.29 is 17.6 Å². The van der Waals surface area contributed by atoms with Crippen LogP contribution in [-0.2, 0) is 21.4 Å². The van der Waals surface area contributed by atoms with Gasteiger partial charge in [-0.25, -0.2) is 8.42 Å². The lowest BCUT2D eigenvalue weighted by atomic mass is 10.2. The molecular weight excluding hydrogens is 366 g/mol. The fourth-order valence-electron chi connectivity index (χ4n) is 2.75. The third-order valence-corrected chi connectivity index (χ3v) is 6.35. The van der Waals surface area contributed by atoms with Crippen LogP contribution in [0.15, 0.2) is 58.1 Å². The van der Waals surface area contributed by atoms with Crippen molar-refractivity contribution in [2.45, 2.75) is 11.4 Å². The van der Waals surface area contributed by atoms with Crippen LogP contribution in [0.3, 0.4) is 0 Å². The molecule has 1 aliphatic heterocycles. The molecular formula is C19H23N3O4S. The van der Waals surface area contributed by atoms with Gasteiger partial charge in [-0.05, 0) is 43.0 Å².